The van der Waals surface area contributed by atoms with Crippen molar-refractivity contribution in [1.82, 2.24) is 0 Å². The lowest BCUT2D eigenvalue weighted by atomic mass is 10.1. The Kier molecular flexibility index (Phi) is 3.32. The fraction of sp³-hybridized carbons (Fsp3) is 0.167. The molecule has 2 rings (SSSR count). The minimum absolute atomic E-state index is 0. The van der Waals surface area contributed by atoms with Crippen molar-refractivity contribution in [3.63, 3.8) is 0 Å². The lowest BCUT2D eigenvalue weighted by Crippen LogP contribution is -3.00. The Morgan fingerprint density at radius 2 is 1.62 bits per heavy atom. The molecule has 0 heterocycles. The molecule has 0 saturated heterocycles. The van der Waals surface area contributed by atoms with E-state index >= 15 is 0 Å². The first kappa shape index (κ1) is 10.1. The maximum atomic E-state index is 2.26. The van der Waals surface area contributed by atoms with Crippen molar-refractivity contribution in [3.8, 4) is 0 Å². The van der Waals surface area contributed by atoms with Gasteiger partial charge in [-0.3, -0.25) is 0 Å². The summed E-state index contributed by atoms with van der Waals surface area (Å²) in [4.78, 5) is 0. The standard InChI is InChI=1S/C12H12.ClH/c1-2-10-7-8-11-5-3-4-6-12(11)9-10;/h3-9H,2H2,1H3;1H/p-1. The van der Waals surface area contributed by atoms with E-state index in [0.29, 0.717) is 0 Å². The zero-order valence-electron chi connectivity index (χ0n) is 7.63. The smallest absolute Gasteiger partial charge is 0.0181 e. The van der Waals surface area contributed by atoms with E-state index in [-0.39, 0.29) is 12.4 Å². The summed E-state index contributed by atoms with van der Waals surface area (Å²) < 4.78 is 0. The first-order valence-electron chi connectivity index (χ1n) is 4.38. The SMILES string of the molecule is CCc1ccc2ccccc2c1.[Cl-]. The Bertz CT molecular complexity index is 393. The summed E-state index contributed by atoms with van der Waals surface area (Å²) in [5.74, 6) is 0. The van der Waals surface area contributed by atoms with E-state index < -0.39 is 0 Å². The van der Waals surface area contributed by atoms with Crippen molar-refractivity contribution in [2.75, 3.05) is 0 Å². The monoisotopic (exact) mass is 191 g/mol. The molecule has 0 unspecified atom stereocenters. The second kappa shape index (κ2) is 4.29. The van der Waals surface area contributed by atoms with Gasteiger partial charge in [0.2, 0.25) is 0 Å². The van der Waals surface area contributed by atoms with Crippen LogP contribution in [0, 0.1) is 0 Å². The third kappa shape index (κ3) is 2.02. The van der Waals surface area contributed by atoms with E-state index in [4.69, 9.17) is 0 Å². The Labute approximate surface area is 85.0 Å². The number of halogens is 1. The van der Waals surface area contributed by atoms with Crippen molar-refractivity contribution < 1.29 is 12.4 Å². The van der Waals surface area contributed by atoms with E-state index in [1.807, 2.05) is 0 Å². The highest BCUT2D eigenvalue weighted by atomic mass is 35.5. The Morgan fingerprint density at radius 1 is 0.923 bits per heavy atom. The predicted octanol–water partition coefficient (Wildman–Crippen LogP) is 0.406. The van der Waals surface area contributed by atoms with Gasteiger partial charge >= 0.3 is 0 Å². The summed E-state index contributed by atoms with van der Waals surface area (Å²) in [6.45, 7) is 2.18. The summed E-state index contributed by atoms with van der Waals surface area (Å²) in [7, 11) is 0. The molecule has 0 saturated carbocycles. The van der Waals surface area contributed by atoms with Gasteiger partial charge in [-0.05, 0) is 22.8 Å². The molecule has 2 aromatic carbocycles. The van der Waals surface area contributed by atoms with E-state index in [9.17, 15) is 0 Å². The van der Waals surface area contributed by atoms with Crippen LogP contribution in [0.1, 0.15) is 12.5 Å². The van der Waals surface area contributed by atoms with Gasteiger partial charge in [0.1, 0.15) is 0 Å². The molecule has 2 aromatic rings. The van der Waals surface area contributed by atoms with Crippen LogP contribution in [-0.4, -0.2) is 0 Å². The Balaban J connectivity index is 0.000000845. The predicted molar refractivity (Wildman–Crippen MR) is 53.3 cm³/mol. The Hall–Kier alpha value is -1.01. The van der Waals surface area contributed by atoms with Crippen LogP contribution in [0.4, 0.5) is 0 Å². The third-order valence-electron chi connectivity index (χ3n) is 2.22. The van der Waals surface area contributed by atoms with Crippen LogP contribution in [0.2, 0.25) is 0 Å². The van der Waals surface area contributed by atoms with Crippen LogP contribution < -0.4 is 12.4 Å². The molecule has 0 radical (unpaired) electrons. The van der Waals surface area contributed by atoms with Gasteiger partial charge < -0.3 is 12.4 Å². The van der Waals surface area contributed by atoms with Gasteiger partial charge in [-0.2, -0.15) is 0 Å². The van der Waals surface area contributed by atoms with Gasteiger partial charge in [0.25, 0.3) is 0 Å². The van der Waals surface area contributed by atoms with Crippen LogP contribution in [0.25, 0.3) is 10.8 Å². The molecule has 0 nitrogen and oxygen atoms in total. The molecule has 68 valence electrons. The Morgan fingerprint density at radius 3 is 2.31 bits per heavy atom. The zero-order chi connectivity index (χ0) is 8.39. The second-order valence-electron chi connectivity index (χ2n) is 3.04. The number of hydrogen-bond acceptors (Lipinski definition) is 0. The van der Waals surface area contributed by atoms with Crippen molar-refractivity contribution in [2.24, 2.45) is 0 Å². The lowest BCUT2D eigenvalue weighted by Gasteiger charge is -1.99. The summed E-state index contributed by atoms with van der Waals surface area (Å²) in [6.07, 6.45) is 1.12. The highest BCUT2D eigenvalue weighted by Crippen LogP contribution is 2.15. The van der Waals surface area contributed by atoms with Gasteiger partial charge in [0, 0.05) is 0 Å². The minimum atomic E-state index is 0. The molecular formula is C12H12Cl-. The van der Waals surface area contributed by atoms with Gasteiger partial charge in [0.15, 0.2) is 0 Å². The molecule has 0 bridgehead atoms. The molecule has 0 aromatic heterocycles. The molecular weight excluding hydrogens is 180 g/mol. The summed E-state index contributed by atoms with van der Waals surface area (Å²) >= 11 is 0. The van der Waals surface area contributed by atoms with Crippen molar-refractivity contribution >= 4 is 10.8 Å². The van der Waals surface area contributed by atoms with E-state index in [2.05, 4.69) is 49.4 Å². The van der Waals surface area contributed by atoms with Gasteiger partial charge in [0.05, 0.1) is 0 Å². The topological polar surface area (TPSA) is 0 Å². The number of aryl methyl sites for hydroxylation is 1. The van der Waals surface area contributed by atoms with E-state index in [1.165, 1.54) is 16.3 Å². The van der Waals surface area contributed by atoms with E-state index in [1.54, 1.807) is 0 Å². The number of fused-ring (bicyclic) bond motifs is 1. The molecule has 1 heteroatoms. The maximum absolute atomic E-state index is 2.26. The molecule has 0 aliphatic rings. The average molecular weight is 192 g/mol. The fourth-order valence-electron chi connectivity index (χ4n) is 1.46. The average Bonchev–Trinajstić information content (AvgIpc) is 2.17. The molecule has 0 spiro atoms. The number of rotatable bonds is 1. The second-order valence-corrected chi connectivity index (χ2v) is 3.04. The van der Waals surface area contributed by atoms with Crippen molar-refractivity contribution in [3.05, 3.63) is 48.0 Å². The van der Waals surface area contributed by atoms with Gasteiger partial charge in [-0.15, -0.1) is 0 Å². The van der Waals surface area contributed by atoms with Crippen LogP contribution >= 0.6 is 0 Å². The normalized spacial score (nSPS) is 9.62. The van der Waals surface area contributed by atoms with Crippen LogP contribution in [-0.2, 0) is 6.42 Å². The van der Waals surface area contributed by atoms with Crippen molar-refractivity contribution in [2.45, 2.75) is 13.3 Å². The summed E-state index contributed by atoms with van der Waals surface area (Å²) in [5, 5.41) is 2.67. The summed E-state index contributed by atoms with van der Waals surface area (Å²) in [6, 6.07) is 15.1. The van der Waals surface area contributed by atoms with Crippen LogP contribution in [0.3, 0.4) is 0 Å². The lowest BCUT2D eigenvalue weighted by molar-refractivity contribution is -0.00000240. The maximum Gasteiger partial charge on any atom is -0.0181 e. The van der Waals surface area contributed by atoms with E-state index in [0.717, 1.165) is 6.42 Å². The molecule has 0 atom stereocenters. The molecule has 0 amide bonds. The first-order chi connectivity index (χ1) is 5.90. The summed E-state index contributed by atoms with van der Waals surface area (Å²) in [5.41, 5.74) is 1.41. The molecule has 0 aliphatic carbocycles. The van der Waals surface area contributed by atoms with Gasteiger partial charge in [-0.1, -0.05) is 49.4 Å². The number of benzene rings is 2. The fourth-order valence-corrected chi connectivity index (χ4v) is 1.46. The van der Waals surface area contributed by atoms with Crippen LogP contribution in [0.15, 0.2) is 42.5 Å². The van der Waals surface area contributed by atoms with Gasteiger partial charge in [-0.25, -0.2) is 0 Å². The molecule has 13 heavy (non-hydrogen) atoms. The van der Waals surface area contributed by atoms with Crippen LogP contribution in [0.5, 0.6) is 0 Å². The molecule has 0 aliphatic heterocycles. The molecule has 0 N–H and O–H groups in total. The zero-order valence-corrected chi connectivity index (χ0v) is 8.38. The minimum Gasteiger partial charge on any atom is -1.00 e. The highest BCUT2D eigenvalue weighted by Gasteiger charge is 1.92. The number of hydrogen-bond donors (Lipinski definition) is 0. The highest BCUT2D eigenvalue weighted by molar-refractivity contribution is 5.82. The quantitative estimate of drug-likeness (QED) is 0.613. The molecule has 0 fully saturated rings. The largest absolute Gasteiger partial charge is 1.00 e. The van der Waals surface area contributed by atoms with Crippen molar-refractivity contribution in [1.29, 1.82) is 0 Å². The first-order valence-corrected chi connectivity index (χ1v) is 4.38. The third-order valence-corrected chi connectivity index (χ3v) is 2.22.